The Labute approximate surface area is 199 Å². The fourth-order valence-electron chi connectivity index (χ4n) is 2.81. The Bertz CT molecular complexity index is 952. The van der Waals surface area contributed by atoms with E-state index in [4.69, 9.17) is 0 Å². The molecule has 0 aliphatic carbocycles. The van der Waals surface area contributed by atoms with Crippen molar-refractivity contribution < 1.29 is 14.4 Å². The summed E-state index contributed by atoms with van der Waals surface area (Å²) < 4.78 is 0. The predicted octanol–water partition coefficient (Wildman–Crippen LogP) is 0.886. The Balaban J connectivity index is 1.82. The summed E-state index contributed by atoms with van der Waals surface area (Å²) >= 11 is 0. The van der Waals surface area contributed by atoms with Crippen LogP contribution in [0.3, 0.4) is 0 Å². The molecule has 3 amide bonds. The summed E-state index contributed by atoms with van der Waals surface area (Å²) in [6.07, 6.45) is 7.93. The van der Waals surface area contributed by atoms with Gasteiger partial charge in [-0.1, -0.05) is 13.5 Å². The minimum Gasteiger partial charge on any atom is -0.369 e. The second-order valence-electron chi connectivity index (χ2n) is 7.27. The highest BCUT2D eigenvalue weighted by atomic mass is 16.2. The van der Waals surface area contributed by atoms with Crippen LogP contribution >= 0.6 is 0 Å². The molecule has 0 atom stereocenters. The molecule has 0 aliphatic heterocycles. The number of pyridine rings is 1. The van der Waals surface area contributed by atoms with Gasteiger partial charge in [0.2, 0.25) is 17.8 Å². The average molecular weight is 469 g/mol. The van der Waals surface area contributed by atoms with E-state index in [2.05, 4.69) is 48.1 Å². The van der Waals surface area contributed by atoms with Crippen molar-refractivity contribution in [2.45, 2.75) is 26.2 Å². The highest BCUT2D eigenvalue weighted by molar-refractivity contribution is 5.98. The lowest BCUT2D eigenvalue weighted by atomic mass is 10.2. The van der Waals surface area contributed by atoms with Crippen LogP contribution in [0, 0.1) is 0 Å². The van der Waals surface area contributed by atoms with Crippen LogP contribution in [0.25, 0.3) is 0 Å². The summed E-state index contributed by atoms with van der Waals surface area (Å²) in [7, 11) is 0. The Hall–Kier alpha value is -4.02. The first-order valence-corrected chi connectivity index (χ1v) is 11.2. The highest BCUT2D eigenvalue weighted by Gasteiger charge is 2.14. The molecule has 2 heterocycles. The van der Waals surface area contributed by atoms with Gasteiger partial charge in [0, 0.05) is 57.7 Å². The number of nitrogens with one attached hydrogen (secondary N) is 5. The van der Waals surface area contributed by atoms with Gasteiger partial charge in [0.05, 0.1) is 0 Å². The molecule has 0 fully saturated rings. The molecule has 0 radical (unpaired) electrons. The molecular weight excluding hydrogens is 436 g/mol. The van der Waals surface area contributed by atoms with Gasteiger partial charge >= 0.3 is 0 Å². The Morgan fingerprint density at radius 1 is 0.971 bits per heavy atom. The van der Waals surface area contributed by atoms with E-state index < -0.39 is 0 Å². The quantitative estimate of drug-likeness (QED) is 0.191. The number of carbonyl (C=O) groups is 3. The molecule has 0 aromatic carbocycles. The zero-order valence-corrected chi connectivity index (χ0v) is 19.4. The lowest BCUT2D eigenvalue weighted by molar-refractivity contribution is -0.121. The van der Waals surface area contributed by atoms with Crippen LogP contribution < -0.4 is 26.6 Å². The summed E-state index contributed by atoms with van der Waals surface area (Å²) in [5, 5.41) is 14.3. The maximum absolute atomic E-state index is 12.6. The zero-order chi connectivity index (χ0) is 24.6. The van der Waals surface area contributed by atoms with E-state index in [9.17, 15) is 14.4 Å². The van der Waals surface area contributed by atoms with Gasteiger partial charge in [-0.2, -0.15) is 4.98 Å². The molecule has 0 spiro atoms. The number of nitrogens with zero attached hydrogens (tertiary/aromatic N) is 3. The molecular formula is C23H32N8O3. The van der Waals surface area contributed by atoms with Gasteiger partial charge in [0.1, 0.15) is 11.4 Å². The van der Waals surface area contributed by atoms with E-state index in [1.165, 1.54) is 6.20 Å². The number of aromatic nitrogens is 3. The summed E-state index contributed by atoms with van der Waals surface area (Å²) in [6, 6.07) is 3.90. The SMILES string of the molecule is C=CC(=O)NCCC(=O)NCCNC(=O)c1cnc(NCCc2ccncc2)nc1NCCC. The predicted molar refractivity (Wildman–Crippen MR) is 130 cm³/mol. The third-order valence-electron chi connectivity index (χ3n) is 4.59. The van der Waals surface area contributed by atoms with Gasteiger partial charge in [-0.25, -0.2) is 4.98 Å². The molecule has 11 nitrogen and oxygen atoms in total. The largest absolute Gasteiger partial charge is 0.369 e. The van der Waals surface area contributed by atoms with Crippen LogP contribution in [0.2, 0.25) is 0 Å². The average Bonchev–Trinajstić information content (AvgIpc) is 2.85. The summed E-state index contributed by atoms with van der Waals surface area (Å²) in [6.45, 7) is 7.37. The molecule has 2 rings (SSSR count). The summed E-state index contributed by atoms with van der Waals surface area (Å²) in [5.74, 6) is -0.0172. The summed E-state index contributed by atoms with van der Waals surface area (Å²) in [4.78, 5) is 48.2. The van der Waals surface area contributed by atoms with E-state index in [1.54, 1.807) is 12.4 Å². The number of amides is 3. The lowest BCUT2D eigenvalue weighted by Gasteiger charge is -2.13. The zero-order valence-electron chi connectivity index (χ0n) is 19.4. The Kier molecular flexibility index (Phi) is 11.5. The highest BCUT2D eigenvalue weighted by Crippen LogP contribution is 2.14. The number of anilines is 2. The Morgan fingerprint density at radius 2 is 1.74 bits per heavy atom. The van der Waals surface area contributed by atoms with Crippen LogP contribution in [0.1, 0.15) is 35.7 Å². The first kappa shape index (κ1) is 26.2. The fraction of sp³-hybridized carbons (Fsp3) is 0.391. The molecule has 182 valence electrons. The third-order valence-corrected chi connectivity index (χ3v) is 4.59. The molecule has 11 heteroatoms. The van der Waals surface area contributed by atoms with Crippen LogP contribution in [-0.4, -0.2) is 65.4 Å². The molecule has 5 N–H and O–H groups in total. The Morgan fingerprint density at radius 3 is 2.47 bits per heavy atom. The van der Waals surface area contributed by atoms with E-state index in [1.807, 2.05) is 19.1 Å². The second-order valence-corrected chi connectivity index (χ2v) is 7.27. The van der Waals surface area contributed by atoms with Crippen molar-refractivity contribution in [3.05, 3.63) is 54.5 Å². The number of hydrogen-bond donors (Lipinski definition) is 5. The fourth-order valence-corrected chi connectivity index (χ4v) is 2.81. The van der Waals surface area contributed by atoms with Crippen LogP contribution in [0.5, 0.6) is 0 Å². The van der Waals surface area contributed by atoms with E-state index in [0.29, 0.717) is 30.4 Å². The number of hydrogen-bond acceptors (Lipinski definition) is 8. The second kappa shape index (κ2) is 14.9. The molecule has 0 unspecified atom stereocenters. The molecule has 0 saturated heterocycles. The maximum atomic E-state index is 12.6. The van der Waals surface area contributed by atoms with Crippen molar-refractivity contribution in [3.8, 4) is 0 Å². The van der Waals surface area contributed by atoms with Gasteiger partial charge in [-0.05, 0) is 36.6 Å². The molecule has 2 aromatic rings. The lowest BCUT2D eigenvalue weighted by Crippen LogP contribution is -2.36. The number of rotatable bonds is 15. The maximum Gasteiger partial charge on any atom is 0.256 e. The molecule has 34 heavy (non-hydrogen) atoms. The first-order valence-electron chi connectivity index (χ1n) is 11.2. The molecule has 0 bridgehead atoms. The van der Waals surface area contributed by atoms with Crippen LogP contribution in [-0.2, 0) is 16.0 Å². The van der Waals surface area contributed by atoms with Crippen molar-refractivity contribution in [1.82, 2.24) is 30.9 Å². The van der Waals surface area contributed by atoms with Gasteiger partial charge in [-0.15, -0.1) is 0 Å². The van der Waals surface area contributed by atoms with Crippen molar-refractivity contribution in [2.75, 3.05) is 43.4 Å². The normalized spacial score (nSPS) is 10.1. The van der Waals surface area contributed by atoms with E-state index >= 15 is 0 Å². The molecule has 0 aliphatic rings. The van der Waals surface area contributed by atoms with Crippen molar-refractivity contribution in [3.63, 3.8) is 0 Å². The topological polar surface area (TPSA) is 150 Å². The van der Waals surface area contributed by atoms with Crippen molar-refractivity contribution >= 4 is 29.5 Å². The first-order chi connectivity index (χ1) is 16.5. The summed E-state index contributed by atoms with van der Waals surface area (Å²) in [5.41, 5.74) is 1.48. The molecule has 2 aromatic heterocycles. The van der Waals surface area contributed by atoms with Gasteiger partial charge in [0.15, 0.2) is 0 Å². The van der Waals surface area contributed by atoms with Crippen molar-refractivity contribution in [1.29, 1.82) is 0 Å². The number of carbonyl (C=O) groups excluding carboxylic acids is 3. The minimum atomic E-state index is -0.338. The molecule has 0 saturated carbocycles. The standard InChI is InChI=1S/C23H32N8O3/c1-3-9-27-21-18(16-30-23(31-21)29-12-7-17-5-10-24-11-6-17)22(34)28-15-14-26-20(33)8-13-25-19(32)4-2/h4-6,10-11,16H,2-3,7-9,12-15H2,1H3,(H,25,32)(H,26,33)(H,28,34)(H2,27,29,30,31). The van der Waals surface area contributed by atoms with Gasteiger partial charge in [0.25, 0.3) is 5.91 Å². The smallest absolute Gasteiger partial charge is 0.256 e. The van der Waals surface area contributed by atoms with Gasteiger partial charge < -0.3 is 26.6 Å². The third kappa shape index (κ3) is 9.63. The monoisotopic (exact) mass is 468 g/mol. The minimum absolute atomic E-state index is 0.141. The van der Waals surface area contributed by atoms with Crippen LogP contribution in [0.15, 0.2) is 43.4 Å². The van der Waals surface area contributed by atoms with E-state index in [-0.39, 0.29) is 43.8 Å². The van der Waals surface area contributed by atoms with E-state index in [0.717, 1.165) is 24.5 Å². The van der Waals surface area contributed by atoms with Gasteiger partial charge in [-0.3, -0.25) is 19.4 Å². The van der Waals surface area contributed by atoms with Crippen molar-refractivity contribution in [2.24, 2.45) is 0 Å². The van der Waals surface area contributed by atoms with Crippen LogP contribution in [0.4, 0.5) is 11.8 Å².